The van der Waals surface area contributed by atoms with Gasteiger partial charge in [0.15, 0.2) is 0 Å². The minimum Gasteiger partial charge on any atom is -0.477 e. The molecule has 0 aliphatic carbocycles. The molecule has 0 aliphatic rings. The van der Waals surface area contributed by atoms with Gasteiger partial charge in [0.1, 0.15) is 9.75 Å². The van der Waals surface area contributed by atoms with Crippen molar-refractivity contribution in [1.82, 2.24) is 4.98 Å². The van der Waals surface area contributed by atoms with Gasteiger partial charge in [0.2, 0.25) is 0 Å². The number of pyridine rings is 1. The smallest absolute Gasteiger partial charge is 0.345 e. The van der Waals surface area contributed by atoms with Gasteiger partial charge < -0.3 is 10.2 Å². The quantitative estimate of drug-likeness (QED) is 0.398. The zero-order chi connectivity index (χ0) is 19.4. The summed E-state index contributed by atoms with van der Waals surface area (Å²) in [5, 5.41) is 18.4. The van der Waals surface area contributed by atoms with Crippen LogP contribution in [0.25, 0.3) is 21.3 Å². The van der Waals surface area contributed by atoms with Crippen LogP contribution in [-0.4, -0.2) is 27.1 Å². The Kier molecular flexibility index (Phi) is 6.00. The van der Waals surface area contributed by atoms with Crippen LogP contribution in [0, 0.1) is 0 Å². The van der Waals surface area contributed by atoms with Gasteiger partial charge >= 0.3 is 11.9 Å². The number of thiophene rings is 2. The van der Waals surface area contributed by atoms with Crippen molar-refractivity contribution >= 4 is 61.4 Å². The number of carboxylic acids is 2. The van der Waals surface area contributed by atoms with E-state index in [9.17, 15) is 9.59 Å². The van der Waals surface area contributed by atoms with Crippen LogP contribution in [0.5, 0.6) is 0 Å². The lowest BCUT2D eigenvalue weighted by molar-refractivity contribution is 0.0691. The van der Waals surface area contributed by atoms with Crippen LogP contribution < -0.4 is 0 Å². The lowest BCUT2D eigenvalue weighted by Crippen LogP contribution is -1.89. The topological polar surface area (TPSA) is 87.5 Å². The summed E-state index contributed by atoms with van der Waals surface area (Å²) in [5.41, 5.74) is 1.88. The molecule has 3 heterocycles. The molecule has 0 amide bonds. The van der Waals surface area contributed by atoms with Gasteiger partial charge in [-0.3, -0.25) is 4.98 Å². The molecular weight excluding hydrogens is 450 g/mol. The van der Waals surface area contributed by atoms with Crippen molar-refractivity contribution in [2.75, 3.05) is 0 Å². The molecule has 0 radical (unpaired) electrons. The number of para-hydroxylation sites is 1. The lowest BCUT2D eigenvalue weighted by Gasteiger charge is -2.02. The van der Waals surface area contributed by atoms with E-state index in [1.165, 1.54) is 22.7 Å². The Hall–Kier alpha value is -2.55. The highest BCUT2D eigenvalue weighted by atomic mass is 79.9. The van der Waals surface area contributed by atoms with Gasteiger partial charge in [0.05, 0.1) is 9.30 Å². The van der Waals surface area contributed by atoms with E-state index in [0.717, 1.165) is 25.1 Å². The van der Waals surface area contributed by atoms with E-state index in [2.05, 4.69) is 20.9 Å². The number of carboxylic acid groups (broad SMARTS) is 2. The Bertz CT molecular complexity index is 1110. The monoisotopic (exact) mass is 461 g/mol. The molecular formula is C19H12BrNO4S2. The van der Waals surface area contributed by atoms with Crippen LogP contribution in [0.4, 0.5) is 0 Å². The van der Waals surface area contributed by atoms with Gasteiger partial charge in [0.25, 0.3) is 0 Å². The van der Waals surface area contributed by atoms with E-state index in [4.69, 9.17) is 10.2 Å². The maximum atomic E-state index is 10.9. The molecule has 0 bridgehead atoms. The SMILES string of the molecule is O=C(O)c1ccc(-c2cccc3cccnc23)s1.O=C(O)c1ccc(Br)s1. The van der Waals surface area contributed by atoms with E-state index in [1.54, 1.807) is 24.4 Å². The normalized spacial score (nSPS) is 10.3. The van der Waals surface area contributed by atoms with Crippen LogP contribution >= 0.6 is 38.6 Å². The number of fused-ring (bicyclic) bond motifs is 1. The van der Waals surface area contributed by atoms with E-state index in [1.807, 2.05) is 36.4 Å². The van der Waals surface area contributed by atoms with Crippen molar-refractivity contribution < 1.29 is 19.8 Å². The molecule has 5 nitrogen and oxygen atoms in total. The highest BCUT2D eigenvalue weighted by Gasteiger charge is 2.11. The predicted molar refractivity (Wildman–Crippen MR) is 111 cm³/mol. The summed E-state index contributed by atoms with van der Waals surface area (Å²) >= 11 is 5.64. The molecule has 4 rings (SSSR count). The summed E-state index contributed by atoms with van der Waals surface area (Å²) < 4.78 is 0.847. The minimum absolute atomic E-state index is 0.345. The molecule has 2 N–H and O–H groups in total. The van der Waals surface area contributed by atoms with Crippen LogP contribution in [0.15, 0.2) is 64.6 Å². The van der Waals surface area contributed by atoms with E-state index in [0.29, 0.717) is 9.75 Å². The fraction of sp³-hybridized carbons (Fsp3) is 0. The Balaban J connectivity index is 0.000000197. The second-order valence-corrected chi connectivity index (χ2v) is 8.81. The average Bonchev–Trinajstić information content (AvgIpc) is 3.31. The first-order valence-electron chi connectivity index (χ1n) is 7.61. The first-order valence-corrected chi connectivity index (χ1v) is 10.0. The average molecular weight is 462 g/mol. The van der Waals surface area contributed by atoms with Gasteiger partial charge in [-0.1, -0.05) is 24.3 Å². The molecule has 4 aromatic rings. The minimum atomic E-state index is -0.889. The molecule has 3 aromatic heterocycles. The second-order valence-electron chi connectivity index (χ2n) is 5.26. The molecule has 27 heavy (non-hydrogen) atoms. The number of aromatic carboxylic acids is 2. The van der Waals surface area contributed by atoms with Crippen LogP contribution in [0.3, 0.4) is 0 Å². The molecule has 0 spiro atoms. The molecule has 0 saturated carbocycles. The van der Waals surface area contributed by atoms with Gasteiger partial charge in [0, 0.05) is 22.0 Å². The number of nitrogens with zero attached hydrogens (tertiary/aromatic N) is 1. The number of halogens is 1. The molecule has 0 unspecified atom stereocenters. The van der Waals surface area contributed by atoms with Crippen molar-refractivity contribution in [3.05, 3.63) is 74.3 Å². The highest BCUT2D eigenvalue weighted by molar-refractivity contribution is 9.11. The van der Waals surface area contributed by atoms with Gasteiger partial charge in [-0.15, -0.1) is 22.7 Å². The largest absolute Gasteiger partial charge is 0.477 e. The number of aromatic nitrogens is 1. The standard InChI is InChI=1S/C14H9NO2S.C5H3BrO2S/c16-14(17)12-7-6-11(18-12)10-5-1-3-9-4-2-8-15-13(9)10;6-4-2-1-3(9-4)5(7)8/h1-8H,(H,16,17);1-2H,(H,7,8). The molecule has 8 heteroatoms. The Morgan fingerprint density at radius 3 is 2.11 bits per heavy atom. The molecule has 0 saturated heterocycles. The van der Waals surface area contributed by atoms with Gasteiger partial charge in [-0.05, 0) is 46.3 Å². The Morgan fingerprint density at radius 1 is 0.852 bits per heavy atom. The van der Waals surface area contributed by atoms with E-state index >= 15 is 0 Å². The summed E-state index contributed by atoms with van der Waals surface area (Å²) in [6.07, 6.45) is 1.75. The number of rotatable bonds is 3. The summed E-state index contributed by atoms with van der Waals surface area (Å²) in [6, 6.07) is 16.6. The molecule has 0 atom stereocenters. The summed E-state index contributed by atoms with van der Waals surface area (Å²) in [5.74, 6) is -1.76. The van der Waals surface area contributed by atoms with Crippen molar-refractivity contribution in [1.29, 1.82) is 0 Å². The van der Waals surface area contributed by atoms with Gasteiger partial charge in [-0.25, -0.2) is 9.59 Å². The van der Waals surface area contributed by atoms with Crippen molar-refractivity contribution in [3.63, 3.8) is 0 Å². The van der Waals surface area contributed by atoms with E-state index < -0.39 is 11.9 Å². The number of benzene rings is 1. The van der Waals surface area contributed by atoms with Crippen molar-refractivity contribution in [2.24, 2.45) is 0 Å². The highest BCUT2D eigenvalue weighted by Crippen LogP contribution is 2.32. The summed E-state index contributed by atoms with van der Waals surface area (Å²) in [4.78, 5) is 27.1. The Morgan fingerprint density at radius 2 is 1.52 bits per heavy atom. The first-order chi connectivity index (χ1) is 13.0. The first kappa shape index (κ1) is 19.2. The number of carbonyl (C=O) groups is 2. The van der Waals surface area contributed by atoms with Crippen LogP contribution in [-0.2, 0) is 0 Å². The molecule has 0 fully saturated rings. The zero-order valence-corrected chi connectivity index (χ0v) is 16.8. The maximum Gasteiger partial charge on any atom is 0.345 e. The third kappa shape index (κ3) is 4.60. The molecule has 136 valence electrons. The van der Waals surface area contributed by atoms with Crippen LogP contribution in [0.2, 0.25) is 0 Å². The number of hydrogen-bond donors (Lipinski definition) is 2. The Labute approximate surface area is 170 Å². The van der Waals surface area contributed by atoms with Crippen LogP contribution in [0.1, 0.15) is 19.3 Å². The fourth-order valence-corrected chi connectivity index (χ4v) is 4.43. The zero-order valence-electron chi connectivity index (χ0n) is 13.6. The second kappa shape index (κ2) is 8.43. The molecule has 0 aliphatic heterocycles. The fourth-order valence-electron chi connectivity index (χ4n) is 2.33. The van der Waals surface area contributed by atoms with Crippen molar-refractivity contribution in [2.45, 2.75) is 0 Å². The summed E-state index contributed by atoms with van der Waals surface area (Å²) in [7, 11) is 0. The number of hydrogen-bond acceptors (Lipinski definition) is 5. The maximum absolute atomic E-state index is 10.9. The predicted octanol–water partition coefficient (Wildman–Crippen LogP) is 5.87. The summed E-state index contributed by atoms with van der Waals surface area (Å²) in [6.45, 7) is 0. The molecule has 1 aromatic carbocycles. The van der Waals surface area contributed by atoms with Crippen molar-refractivity contribution in [3.8, 4) is 10.4 Å². The third-order valence-corrected chi connectivity index (χ3v) is 6.22. The third-order valence-electron chi connectivity index (χ3n) is 3.50. The van der Waals surface area contributed by atoms with Gasteiger partial charge in [-0.2, -0.15) is 0 Å². The lowest BCUT2D eigenvalue weighted by atomic mass is 10.1. The van der Waals surface area contributed by atoms with E-state index in [-0.39, 0.29) is 0 Å².